The molecular formula is C15H23N5. The van der Waals surface area contributed by atoms with Gasteiger partial charge in [-0.3, -0.25) is 0 Å². The molecule has 20 heavy (non-hydrogen) atoms. The van der Waals surface area contributed by atoms with Crippen LogP contribution in [-0.2, 0) is 7.05 Å². The summed E-state index contributed by atoms with van der Waals surface area (Å²) >= 11 is 0. The van der Waals surface area contributed by atoms with E-state index in [9.17, 15) is 0 Å². The predicted molar refractivity (Wildman–Crippen MR) is 81.8 cm³/mol. The van der Waals surface area contributed by atoms with Gasteiger partial charge in [0.25, 0.3) is 0 Å². The van der Waals surface area contributed by atoms with Crippen molar-refractivity contribution in [3.05, 3.63) is 23.7 Å². The van der Waals surface area contributed by atoms with Crippen LogP contribution in [-0.4, -0.2) is 26.1 Å². The van der Waals surface area contributed by atoms with Crippen LogP contribution in [0.15, 0.2) is 12.4 Å². The smallest absolute Gasteiger partial charge is 0.198 e. The van der Waals surface area contributed by atoms with Gasteiger partial charge in [0, 0.05) is 37.2 Å². The van der Waals surface area contributed by atoms with E-state index < -0.39 is 0 Å². The van der Waals surface area contributed by atoms with E-state index in [1.165, 1.54) is 5.56 Å². The molecule has 0 amide bonds. The third kappa shape index (κ3) is 2.81. The Morgan fingerprint density at radius 1 is 1.30 bits per heavy atom. The maximum atomic E-state index is 4.69. The van der Waals surface area contributed by atoms with Gasteiger partial charge in [0.15, 0.2) is 11.6 Å². The van der Waals surface area contributed by atoms with Crippen molar-refractivity contribution in [2.24, 2.45) is 7.05 Å². The quantitative estimate of drug-likeness (QED) is 0.909. The van der Waals surface area contributed by atoms with Crippen molar-refractivity contribution in [1.82, 2.24) is 19.5 Å². The van der Waals surface area contributed by atoms with E-state index in [4.69, 9.17) is 4.98 Å². The molecule has 5 heteroatoms. The van der Waals surface area contributed by atoms with Crippen LogP contribution in [0.5, 0.6) is 0 Å². The van der Waals surface area contributed by atoms with Crippen molar-refractivity contribution >= 4 is 5.82 Å². The lowest BCUT2D eigenvalue weighted by Crippen LogP contribution is -2.11. The van der Waals surface area contributed by atoms with Gasteiger partial charge in [0.1, 0.15) is 5.82 Å². The Labute approximate surface area is 120 Å². The third-order valence-electron chi connectivity index (χ3n) is 3.28. The lowest BCUT2D eigenvalue weighted by atomic mass is 10.0. The predicted octanol–water partition coefficient (Wildman–Crippen LogP) is 3.13. The molecule has 0 saturated heterocycles. The first-order valence-electron chi connectivity index (χ1n) is 7.14. The van der Waals surface area contributed by atoms with Gasteiger partial charge >= 0.3 is 0 Å². The Morgan fingerprint density at radius 2 is 2.05 bits per heavy atom. The van der Waals surface area contributed by atoms with Crippen LogP contribution in [0, 0.1) is 6.92 Å². The number of hydrogen-bond donors (Lipinski definition) is 1. The number of rotatable bonds is 5. The van der Waals surface area contributed by atoms with E-state index in [-0.39, 0.29) is 0 Å². The van der Waals surface area contributed by atoms with Gasteiger partial charge in [-0.1, -0.05) is 20.8 Å². The summed E-state index contributed by atoms with van der Waals surface area (Å²) in [5, 5.41) is 3.42. The Hall–Kier alpha value is -1.91. The normalized spacial score (nSPS) is 11.1. The molecule has 2 aromatic rings. The van der Waals surface area contributed by atoms with E-state index in [0.29, 0.717) is 11.7 Å². The van der Waals surface area contributed by atoms with Crippen LogP contribution in [0.1, 0.15) is 44.4 Å². The lowest BCUT2D eigenvalue weighted by Gasteiger charge is -2.16. The number of hydrogen-bond acceptors (Lipinski definition) is 4. The van der Waals surface area contributed by atoms with Crippen LogP contribution in [0.3, 0.4) is 0 Å². The van der Waals surface area contributed by atoms with Gasteiger partial charge in [-0.2, -0.15) is 0 Å². The first kappa shape index (κ1) is 14.5. The second-order valence-corrected chi connectivity index (χ2v) is 5.34. The minimum absolute atomic E-state index is 0.393. The fourth-order valence-corrected chi connectivity index (χ4v) is 2.33. The van der Waals surface area contributed by atoms with Gasteiger partial charge in [-0.05, 0) is 19.3 Å². The molecule has 0 fully saturated rings. The molecule has 0 bridgehead atoms. The molecule has 0 aliphatic carbocycles. The van der Waals surface area contributed by atoms with Crippen molar-refractivity contribution in [2.75, 3.05) is 11.9 Å². The first-order valence-corrected chi connectivity index (χ1v) is 7.14. The second-order valence-electron chi connectivity index (χ2n) is 5.34. The summed E-state index contributed by atoms with van der Waals surface area (Å²) in [4.78, 5) is 13.7. The maximum Gasteiger partial charge on any atom is 0.198 e. The van der Waals surface area contributed by atoms with Crippen LogP contribution in [0.2, 0.25) is 0 Å². The van der Waals surface area contributed by atoms with E-state index >= 15 is 0 Å². The highest BCUT2D eigenvalue weighted by molar-refractivity contribution is 5.55. The van der Waals surface area contributed by atoms with Crippen molar-refractivity contribution in [3.63, 3.8) is 0 Å². The highest BCUT2D eigenvalue weighted by Crippen LogP contribution is 2.27. The topological polar surface area (TPSA) is 55.6 Å². The first-order chi connectivity index (χ1) is 9.54. The summed E-state index contributed by atoms with van der Waals surface area (Å²) in [5.41, 5.74) is 2.21. The van der Waals surface area contributed by atoms with E-state index in [1.807, 2.05) is 24.7 Å². The largest absolute Gasteiger partial charge is 0.370 e. The fourth-order valence-electron chi connectivity index (χ4n) is 2.33. The van der Waals surface area contributed by atoms with Crippen molar-refractivity contribution in [3.8, 4) is 11.6 Å². The third-order valence-corrected chi connectivity index (χ3v) is 3.28. The summed E-state index contributed by atoms with van der Waals surface area (Å²) in [5.74, 6) is 2.80. The number of anilines is 1. The molecule has 0 aliphatic rings. The summed E-state index contributed by atoms with van der Waals surface area (Å²) in [6, 6.07) is 0. The second kappa shape index (κ2) is 6.03. The number of nitrogens with zero attached hydrogens (tertiary/aromatic N) is 4. The number of nitrogens with one attached hydrogen (secondary N) is 1. The molecule has 0 radical (unpaired) electrons. The number of aromatic nitrogens is 4. The van der Waals surface area contributed by atoms with Gasteiger partial charge in [0.2, 0.25) is 0 Å². The van der Waals surface area contributed by atoms with E-state index in [2.05, 4.69) is 36.1 Å². The molecule has 0 spiro atoms. The van der Waals surface area contributed by atoms with Crippen molar-refractivity contribution < 1.29 is 0 Å². The maximum absolute atomic E-state index is 4.69. The van der Waals surface area contributed by atoms with Gasteiger partial charge in [0.05, 0.1) is 0 Å². The summed E-state index contributed by atoms with van der Waals surface area (Å²) in [6.07, 6.45) is 4.74. The van der Waals surface area contributed by atoms with Gasteiger partial charge in [-0.25, -0.2) is 15.0 Å². The Balaban J connectivity index is 2.51. The Morgan fingerprint density at radius 3 is 2.60 bits per heavy atom. The highest BCUT2D eigenvalue weighted by Gasteiger charge is 2.17. The van der Waals surface area contributed by atoms with Gasteiger partial charge in [-0.15, -0.1) is 0 Å². The molecule has 1 N–H and O–H groups in total. The van der Waals surface area contributed by atoms with Crippen molar-refractivity contribution in [2.45, 2.75) is 40.0 Å². The lowest BCUT2D eigenvalue weighted by molar-refractivity contribution is 0.820. The van der Waals surface area contributed by atoms with Crippen LogP contribution < -0.4 is 5.32 Å². The molecule has 0 saturated carbocycles. The minimum atomic E-state index is 0.393. The van der Waals surface area contributed by atoms with Crippen LogP contribution in [0.25, 0.3) is 11.6 Å². The molecule has 2 heterocycles. The van der Waals surface area contributed by atoms with Crippen molar-refractivity contribution in [1.29, 1.82) is 0 Å². The summed E-state index contributed by atoms with van der Waals surface area (Å²) < 4.78 is 1.94. The molecule has 5 nitrogen and oxygen atoms in total. The van der Waals surface area contributed by atoms with E-state index in [0.717, 1.165) is 30.3 Å². The van der Waals surface area contributed by atoms with Crippen LogP contribution in [0.4, 0.5) is 5.82 Å². The molecular weight excluding hydrogens is 250 g/mol. The molecule has 0 aliphatic heterocycles. The zero-order valence-electron chi connectivity index (χ0n) is 12.9. The monoisotopic (exact) mass is 273 g/mol. The summed E-state index contributed by atoms with van der Waals surface area (Å²) in [7, 11) is 1.95. The Kier molecular flexibility index (Phi) is 4.37. The molecule has 108 valence electrons. The molecule has 0 unspecified atom stereocenters. The SMILES string of the molecule is CCCNc1nc(-c2nccn2C)nc(C)c1C(C)C. The summed E-state index contributed by atoms with van der Waals surface area (Å²) in [6.45, 7) is 9.44. The van der Waals surface area contributed by atoms with Crippen LogP contribution >= 0.6 is 0 Å². The molecule has 2 rings (SSSR count). The standard InChI is InChI=1S/C15H23N5/c1-6-7-16-13-12(10(2)3)11(4)18-14(19-13)15-17-8-9-20(15)5/h8-10H,6-7H2,1-5H3,(H,16,18,19). The number of imidazole rings is 1. The molecule has 2 aromatic heterocycles. The average Bonchev–Trinajstić information content (AvgIpc) is 2.81. The fraction of sp³-hybridized carbons (Fsp3) is 0.533. The minimum Gasteiger partial charge on any atom is -0.370 e. The number of aryl methyl sites for hydroxylation is 2. The van der Waals surface area contributed by atoms with E-state index in [1.54, 1.807) is 6.20 Å². The van der Waals surface area contributed by atoms with Gasteiger partial charge < -0.3 is 9.88 Å². The molecule has 0 aromatic carbocycles. The highest BCUT2D eigenvalue weighted by atomic mass is 15.1. The Bertz CT molecular complexity index is 586. The molecule has 0 atom stereocenters. The zero-order valence-corrected chi connectivity index (χ0v) is 12.9. The average molecular weight is 273 g/mol. The zero-order chi connectivity index (χ0) is 14.7.